The first-order chi connectivity index (χ1) is 26.2. The van der Waals surface area contributed by atoms with E-state index in [2.05, 4.69) is 12.1 Å². The number of rotatable bonds is 9. The summed E-state index contributed by atoms with van der Waals surface area (Å²) in [5.41, 5.74) is 2.63. The van der Waals surface area contributed by atoms with E-state index in [4.69, 9.17) is 13.7 Å². The lowest BCUT2D eigenvalue weighted by Gasteiger charge is -2.34. The molecule has 10 nitrogen and oxygen atoms in total. The van der Waals surface area contributed by atoms with Crippen molar-refractivity contribution < 1.29 is 62.2 Å². The molecule has 0 spiro atoms. The van der Waals surface area contributed by atoms with Crippen LogP contribution in [0.4, 0.5) is 17.6 Å². The van der Waals surface area contributed by atoms with Crippen LogP contribution < -0.4 is 4.74 Å². The van der Waals surface area contributed by atoms with Crippen LogP contribution in [-0.2, 0) is 38.7 Å². The Morgan fingerprint density at radius 2 is 1.18 bits per heavy atom. The molecule has 1 heterocycles. The van der Waals surface area contributed by atoms with Crippen LogP contribution in [0, 0.1) is 46.9 Å². The molecule has 6 fully saturated rings. The first kappa shape index (κ1) is 38.8. The second kappa shape index (κ2) is 14.7. The third-order valence-electron chi connectivity index (χ3n) is 13.3. The van der Waals surface area contributed by atoms with E-state index in [9.17, 15) is 48.5 Å². The van der Waals surface area contributed by atoms with Crippen LogP contribution in [0.2, 0.25) is 0 Å². The highest BCUT2D eigenvalue weighted by Crippen LogP contribution is 2.60. The zero-order valence-corrected chi connectivity index (χ0v) is 31.7. The Labute approximate surface area is 317 Å². The Morgan fingerprint density at radius 3 is 1.67 bits per heavy atom. The van der Waals surface area contributed by atoms with Gasteiger partial charge in [-0.05, 0) is 79.4 Å². The molecule has 2 bridgehead atoms. The minimum atomic E-state index is -6.02. The summed E-state index contributed by atoms with van der Waals surface area (Å²) in [6.07, 6.45) is 12.3. The van der Waals surface area contributed by atoms with Crippen molar-refractivity contribution in [1.82, 2.24) is 0 Å². The molecule has 6 atom stereocenters. The molecule has 5 saturated carbocycles. The van der Waals surface area contributed by atoms with Gasteiger partial charge in [0, 0.05) is 11.8 Å². The van der Waals surface area contributed by atoms with Crippen molar-refractivity contribution in [3.05, 3.63) is 52.1 Å². The molecule has 8 rings (SSSR count). The van der Waals surface area contributed by atoms with Crippen molar-refractivity contribution in [3.8, 4) is 5.75 Å². The first-order valence-corrected chi connectivity index (χ1v) is 22.3. The van der Waals surface area contributed by atoms with Gasteiger partial charge in [0.05, 0.1) is 11.8 Å². The summed E-state index contributed by atoms with van der Waals surface area (Å²) in [5, 5.41) is 0. The summed E-state index contributed by atoms with van der Waals surface area (Å²) in [7, 11) is -10.6. The van der Waals surface area contributed by atoms with Gasteiger partial charge in [-0.3, -0.25) is 13.8 Å². The average molecular weight is 812 g/mol. The number of hydrogen-bond acceptors (Lipinski definition) is 10. The van der Waals surface area contributed by atoms with Gasteiger partial charge >= 0.3 is 11.9 Å². The lowest BCUT2D eigenvalue weighted by molar-refractivity contribution is -0.150. The van der Waals surface area contributed by atoms with Gasteiger partial charge in [0.2, 0.25) is 17.4 Å². The fourth-order valence-electron chi connectivity index (χ4n) is 10.8. The number of carbonyl (C=O) groups excluding carboxylic acids is 2. The Morgan fingerprint density at radius 1 is 0.691 bits per heavy atom. The molecular weight excluding hydrogens is 769 g/mol. The summed E-state index contributed by atoms with van der Waals surface area (Å²) < 4.78 is 139. The van der Waals surface area contributed by atoms with Gasteiger partial charge in [0.25, 0.3) is 10.1 Å². The number of halogens is 4. The van der Waals surface area contributed by atoms with Crippen molar-refractivity contribution in [2.75, 3.05) is 0 Å². The van der Waals surface area contributed by atoms with Crippen molar-refractivity contribution >= 4 is 32.2 Å². The molecule has 5 aliphatic carbocycles. The number of fused-ring (bicyclic) bond motifs is 1. The predicted molar refractivity (Wildman–Crippen MR) is 184 cm³/mol. The molecule has 0 amide bonds. The van der Waals surface area contributed by atoms with Gasteiger partial charge in [0.15, 0.2) is 11.6 Å². The molecule has 1 saturated heterocycles. The minimum Gasteiger partial charge on any atom is -0.744 e. The normalized spacial score (nSPS) is 29.1. The average Bonchev–Trinajstić information content (AvgIpc) is 3.80. The molecular formula is C39H43F4O10S2-. The van der Waals surface area contributed by atoms with Crippen LogP contribution in [-0.4, -0.2) is 45.5 Å². The van der Waals surface area contributed by atoms with Crippen molar-refractivity contribution in [2.24, 2.45) is 23.7 Å². The summed E-state index contributed by atoms with van der Waals surface area (Å²) in [6, 6.07) is 4.15. The lowest BCUT2D eigenvalue weighted by atomic mass is 9.76. The third-order valence-corrected chi connectivity index (χ3v) is 15.6. The zero-order chi connectivity index (χ0) is 39.0. The summed E-state index contributed by atoms with van der Waals surface area (Å²) in [6.45, 7) is 0. The van der Waals surface area contributed by atoms with Gasteiger partial charge < -0.3 is 14.0 Å². The molecule has 0 radical (unpaired) electrons. The first-order valence-electron chi connectivity index (χ1n) is 19.5. The van der Waals surface area contributed by atoms with Crippen molar-refractivity contribution in [2.45, 2.75) is 142 Å². The van der Waals surface area contributed by atoms with Crippen LogP contribution >= 0.6 is 0 Å². The standard InChI is InChI=1S/C39H44F4O10S2/c40-29-31(42)37(54(46,47)48)32(43)30(41)35(29)52-39(45)28-26-18-25-27(28)38(44)51-33(25)34(26)53-55(49,50)36-23(20-12-6-2-7-13-20)16-22(19-10-4-1-5-11-19)17-24(36)21-14-8-3-9-15-21/h16-17,19-21,25-28,33-34H,1-15,18H2,(H,46,47,48)/p-1. The highest BCUT2D eigenvalue weighted by molar-refractivity contribution is 7.87. The van der Waals surface area contributed by atoms with E-state index in [1.54, 1.807) is 0 Å². The van der Waals surface area contributed by atoms with Gasteiger partial charge in [-0.1, -0.05) is 69.9 Å². The second-order valence-corrected chi connectivity index (χ2v) is 19.2. The highest BCUT2D eigenvalue weighted by Gasteiger charge is 2.70. The van der Waals surface area contributed by atoms with Crippen LogP contribution in [0.1, 0.15) is 137 Å². The topological polar surface area (TPSA) is 153 Å². The quantitative estimate of drug-likeness (QED) is 0.0613. The molecule has 55 heavy (non-hydrogen) atoms. The maximum absolute atomic E-state index is 14.9. The molecule has 16 heteroatoms. The predicted octanol–water partition coefficient (Wildman–Crippen LogP) is 7.78. The Kier molecular flexibility index (Phi) is 10.4. The molecule has 0 N–H and O–H groups in total. The number of esters is 2. The minimum absolute atomic E-state index is 0.0157. The fourth-order valence-corrected chi connectivity index (χ4v) is 13.1. The maximum Gasteiger partial charge on any atom is 0.315 e. The molecule has 6 unspecified atom stereocenters. The van der Waals surface area contributed by atoms with Gasteiger partial charge in [0.1, 0.15) is 32.1 Å². The SMILES string of the molecule is O=C1OC2C3CC(C2OS(=O)(=O)c2c(C4CCCCC4)cc(C4CCCCC4)cc2C2CCCCC2)C(C(=O)Oc2c(F)c(F)c(S(=O)(=O)[O-])c(F)c2F)C13. The van der Waals surface area contributed by atoms with Gasteiger partial charge in [-0.15, -0.1) is 0 Å². The van der Waals surface area contributed by atoms with E-state index < -0.39 is 102 Å². The number of hydrogen-bond donors (Lipinski definition) is 0. The molecule has 2 aromatic rings. The van der Waals surface area contributed by atoms with E-state index in [-0.39, 0.29) is 23.2 Å². The largest absolute Gasteiger partial charge is 0.744 e. The fraction of sp³-hybridized carbons (Fsp3) is 0.641. The number of carbonyl (C=O) groups is 2. The van der Waals surface area contributed by atoms with Crippen LogP contribution in [0.3, 0.4) is 0 Å². The van der Waals surface area contributed by atoms with E-state index >= 15 is 0 Å². The van der Waals surface area contributed by atoms with Gasteiger partial charge in [-0.25, -0.2) is 17.2 Å². The summed E-state index contributed by atoms with van der Waals surface area (Å²) >= 11 is 0. The summed E-state index contributed by atoms with van der Waals surface area (Å²) in [5.74, 6) is -18.8. The Balaban J connectivity index is 1.16. The second-order valence-electron chi connectivity index (χ2n) is 16.4. The van der Waals surface area contributed by atoms with Crippen LogP contribution in [0.5, 0.6) is 5.75 Å². The van der Waals surface area contributed by atoms with E-state index in [1.165, 1.54) is 6.42 Å². The number of benzene rings is 2. The van der Waals surface area contributed by atoms with E-state index in [0.29, 0.717) is 5.92 Å². The van der Waals surface area contributed by atoms with Crippen molar-refractivity contribution in [1.29, 1.82) is 0 Å². The molecule has 2 aromatic carbocycles. The highest BCUT2D eigenvalue weighted by atomic mass is 32.2. The van der Waals surface area contributed by atoms with Crippen LogP contribution in [0.15, 0.2) is 21.9 Å². The lowest BCUT2D eigenvalue weighted by Crippen LogP contribution is -2.44. The zero-order valence-electron chi connectivity index (χ0n) is 30.1. The van der Waals surface area contributed by atoms with Crippen molar-refractivity contribution in [3.63, 3.8) is 0 Å². The Bertz CT molecular complexity index is 2040. The number of ether oxygens (including phenoxy) is 2. The molecule has 6 aliphatic rings. The molecule has 1 aliphatic heterocycles. The Hall–Kier alpha value is -3.08. The van der Waals surface area contributed by atoms with E-state index in [0.717, 1.165) is 107 Å². The smallest absolute Gasteiger partial charge is 0.315 e. The van der Waals surface area contributed by atoms with Crippen LogP contribution in [0.25, 0.3) is 0 Å². The van der Waals surface area contributed by atoms with Gasteiger partial charge in [-0.2, -0.15) is 17.2 Å². The maximum atomic E-state index is 14.9. The summed E-state index contributed by atoms with van der Waals surface area (Å²) in [4.78, 5) is 24.5. The molecule has 0 aromatic heterocycles. The van der Waals surface area contributed by atoms with E-state index in [1.807, 2.05) is 0 Å². The molecule has 300 valence electrons. The monoisotopic (exact) mass is 811 g/mol. The third kappa shape index (κ3) is 6.79.